The van der Waals surface area contributed by atoms with E-state index in [2.05, 4.69) is 59.9 Å². The van der Waals surface area contributed by atoms with Crippen LogP contribution in [0.25, 0.3) is 0 Å². The van der Waals surface area contributed by atoms with E-state index < -0.39 is 14.4 Å². The van der Waals surface area contributed by atoms with Crippen molar-refractivity contribution in [1.82, 2.24) is 0 Å². The Morgan fingerprint density at radius 3 is 2.36 bits per heavy atom. The Hall–Kier alpha value is -1.24. The topological polar surface area (TPSA) is 61.8 Å². The summed E-state index contributed by atoms with van der Waals surface area (Å²) >= 11 is 0. The minimum absolute atomic E-state index is 0.0168. The lowest BCUT2D eigenvalue weighted by Crippen LogP contribution is -2.55. The van der Waals surface area contributed by atoms with Crippen LogP contribution >= 0.6 is 0 Å². The summed E-state index contributed by atoms with van der Waals surface area (Å²) in [6.45, 7) is 18.0. The highest BCUT2D eigenvalue weighted by molar-refractivity contribution is 6.74. The lowest BCUT2D eigenvalue weighted by Gasteiger charge is -2.43. The third-order valence-corrected chi connectivity index (χ3v) is 11.9. The van der Waals surface area contributed by atoms with E-state index in [1.807, 2.05) is 6.92 Å². The van der Waals surface area contributed by atoms with Crippen molar-refractivity contribution < 1.29 is 23.5 Å². The van der Waals surface area contributed by atoms with Gasteiger partial charge in [0.05, 0.1) is 19.3 Å². The number of carbonyl (C=O) groups excluding carboxylic acids is 2. The maximum absolute atomic E-state index is 13.5. The smallest absolute Gasteiger partial charge is 0.330 e. The molecule has 0 radical (unpaired) electrons. The summed E-state index contributed by atoms with van der Waals surface area (Å²) in [5.41, 5.74) is 0.853. The Morgan fingerprint density at radius 2 is 1.72 bits per heavy atom. The number of esters is 1. The number of unbranched alkanes of at least 4 members (excludes halogenated alkanes) is 6. The molecule has 0 aliphatic carbocycles. The van der Waals surface area contributed by atoms with Gasteiger partial charge in [-0.3, -0.25) is 4.79 Å². The Kier molecular flexibility index (Phi) is 15.1. The zero-order valence-electron chi connectivity index (χ0n) is 24.5. The van der Waals surface area contributed by atoms with E-state index in [1.54, 1.807) is 6.08 Å². The molecule has 6 heteroatoms. The van der Waals surface area contributed by atoms with Crippen molar-refractivity contribution in [2.75, 3.05) is 13.2 Å². The number of hydrogen-bond acceptors (Lipinski definition) is 5. The highest BCUT2D eigenvalue weighted by Crippen LogP contribution is 2.39. The Bertz CT molecular complexity index is 719. The maximum Gasteiger partial charge on any atom is 0.330 e. The largest absolute Gasteiger partial charge is 0.463 e. The molecule has 0 aromatic rings. The average Bonchev–Trinajstić information content (AvgIpc) is 2.78. The second-order valence-corrected chi connectivity index (χ2v) is 16.7. The second kappa shape index (κ2) is 16.6. The molecule has 1 aliphatic rings. The molecule has 208 valence electrons. The zero-order chi connectivity index (χ0) is 27.2. The molecular weight excluding hydrogens is 468 g/mol. The van der Waals surface area contributed by atoms with Crippen molar-refractivity contribution in [2.45, 2.75) is 136 Å². The summed E-state index contributed by atoms with van der Waals surface area (Å²) in [7, 11) is -2.20. The van der Waals surface area contributed by atoms with Gasteiger partial charge in [-0.05, 0) is 50.7 Å². The van der Waals surface area contributed by atoms with Crippen molar-refractivity contribution in [1.29, 1.82) is 0 Å². The van der Waals surface area contributed by atoms with Gasteiger partial charge in [0, 0.05) is 12.0 Å². The Morgan fingerprint density at radius 1 is 1.06 bits per heavy atom. The van der Waals surface area contributed by atoms with E-state index in [9.17, 15) is 9.59 Å². The lowest BCUT2D eigenvalue weighted by molar-refractivity contribution is -0.153. The van der Waals surface area contributed by atoms with Gasteiger partial charge in [-0.1, -0.05) is 90.9 Å². The predicted molar refractivity (Wildman–Crippen MR) is 152 cm³/mol. The molecule has 0 bridgehead atoms. The number of ketones is 1. The molecule has 0 saturated carbocycles. The maximum atomic E-state index is 13.5. The van der Waals surface area contributed by atoms with Crippen molar-refractivity contribution in [3.63, 3.8) is 0 Å². The van der Waals surface area contributed by atoms with Crippen molar-refractivity contribution >= 4 is 20.1 Å². The van der Waals surface area contributed by atoms with Gasteiger partial charge in [0.1, 0.15) is 6.10 Å². The van der Waals surface area contributed by atoms with Crippen molar-refractivity contribution in [2.24, 2.45) is 5.92 Å². The van der Waals surface area contributed by atoms with Crippen LogP contribution in [0, 0.1) is 5.92 Å². The molecular formula is C30H54O5Si. The minimum atomic E-state index is -2.20. The quantitative estimate of drug-likeness (QED) is 0.0676. The number of carbonyl (C=O) groups is 2. The summed E-state index contributed by atoms with van der Waals surface area (Å²) < 4.78 is 18.3. The van der Waals surface area contributed by atoms with Crippen LogP contribution in [0.2, 0.25) is 18.1 Å². The van der Waals surface area contributed by atoms with Gasteiger partial charge in [0.15, 0.2) is 14.1 Å². The average molecular weight is 523 g/mol. The standard InChI is InChI=1S/C30H54O5Si/c1-9-11-13-15-16-18-20-33-27(31)22-24(3)21-26-29(35-36(7,8)30(4,5)6)28(32)25(23-34-26)19-17-14-12-10-2/h14,17,22,25-26,29H,9-13,15-16,18-21,23H2,1-8H3/b17-14+,24-22+/t25-,26+,29+/m1/s1. The van der Waals surface area contributed by atoms with Crippen LogP contribution in [-0.4, -0.2) is 45.5 Å². The zero-order valence-corrected chi connectivity index (χ0v) is 25.5. The fourth-order valence-corrected chi connectivity index (χ4v) is 5.28. The molecule has 1 aliphatic heterocycles. The van der Waals surface area contributed by atoms with Gasteiger partial charge in [-0.25, -0.2) is 4.79 Å². The highest BCUT2D eigenvalue weighted by Gasteiger charge is 2.46. The van der Waals surface area contributed by atoms with Crippen LogP contribution < -0.4 is 0 Å². The first-order chi connectivity index (χ1) is 16.9. The van der Waals surface area contributed by atoms with Crippen LogP contribution in [0.4, 0.5) is 0 Å². The van der Waals surface area contributed by atoms with Gasteiger partial charge in [0.25, 0.3) is 0 Å². The first kappa shape index (κ1) is 32.8. The number of allylic oxidation sites excluding steroid dienone is 2. The predicted octanol–water partition coefficient (Wildman–Crippen LogP) is 7.95. The van der Waals surface area contributed by atoms with Crippen LogP contribution in [0.15, 0.2) is 23.8 Å². The normalized spacial score (nSPS) is 21.8. The van der Waals surface area contributed by atoms with Crippen molar-refractivity contribution in [3.8, 4) is 0 Å². The van der Waals surface area contributed by atoms with Crippen LogP contribution in [0.5, 0.6) is 0 Å². The van der Waals surface area contributed by atoms with E-state index >= 15 is 0 Å². The Labute approximate surface area is 222 Å². The first-order valence-electron chi connectivity index (χ1n) is 14.2. The van der Waals surface area contributed by atoms with E-state index in [0.29, 0.717) is 26.1 Å². The molecule has 1 rings (SSSR count). The highest BCUT2D eigenvalue weighted by atomic mass is 28.4. The molecule has 3 atom stereocenters. The van der Waals surface area contributed by atoms with Gasteiger partial charge in [-0.15, -0.1) is 0 Å². The van der Waals surface area contributed by atoms with Crippen molar-refractivity contribution in [3.05, 3.63) is 23.8 Å². The van der Waals surface area contributed by atoms with Gasteiger partial charge in [0.2, 0.25) is 0 Å². The van der Waals surface area contributed by atoms with E-state index in [0.717, 1.165) is 31.3 Å². The third kappa shape index (κ3) is 11.9. The molecule has 0 N–H and O–H groups in total. The molecule has 1 saturated heterocycles. The second-order valence-electron chi connectivity index (χ2n) is 11.9. The van der Waals surface area contributed by atoms with E-state index in [-0.39, 0.29) is 28.8 Å². The molecule has 36 heavy (non-hydrogen) atoms. The first-order valence-corrected chi connectivity index (χ1v) is 17.2. The molecule has 1 heterocycles. The van der Waals surface area contributed by atoms with Gasteiger partial charge < -0.3 is 13.9 Å². The summed E-state index contributed by atoms with van der Waals surface area (Å²) in [6, 6.07) is 0. The van der Waals surface area contributed by atoms with Crippen LogP contribution in [0.1, 0.15) is 106 Å². The molecule has 0 unspecified atom stereocenters. The Balaban J connectivity index is 2.79. The lowest BCUT2D eigenvalue weighted by atomic mass is 9.89. The molecule has 0 spiro atoms. The van der Waals surface area contributed by atoms with Gasteiger partial charge >= 0.3 is 5.97 Å². The number of ether oxygens (including phenoxy) is 2. The molecule has 1 fully saturated rings. The summed E-state index contributed by atoms with van der Waals surface area (Å²) in [6.07, 6.45) is 15.0. The number of hydrogen-bond donors (Lipinski definition) is 0. The number of Topliss-reactive ketones (excluding diaryl/α,β-unsaturated/α-hetero) is 1. The summed E-state index contributed by atoms with van der Waals surface area (Å²) in [5.74, 6) is -0.365. The van der Waals surface area contributed by atoms with Crippen LogP contribution in [0.3, 0.4) is 0 Å². The van der Waals surface area contributed by atoms with E-state index in [1.165, 1.54) is 25.7 Å². The molecule has 5 nitrogen and oxygen atoms in total. The minimum Gasteiger partial charge on any atom is -0.463 e. The fourth-order valence-electron chi connectivity index (χ4n) is 4.02. The fraction of sp³-hybridized carbons (Fsp3) is 0.800. The SMILES string of the molecule is CCC/C=C/C[C@@H]1CO[C@@H](C/C(C)=C/C(=O)OCCCCCCCC)[C@H](O[Si](C)(C)C(C)(C)C)C1=O. The molecule has 0 aromatic heterocycles. The van der Waals surface area contributed by atoms with Crippen LogP contribution in [-0.2, 0) is 23.5 Å². The van der Waals surface area contributed by atoms with Gasteiger partial charge in [-0.2, -0.15) is 0 Å². The molecule has 0 amide bonds. The third-order valence-electron chi connectivity index (χ3n) is 7.43. The molecule has 0 aromatic carbocycles. The number of rotatable bonds is 16. The van der Waals surface area contributed by atoms with E-state index in [4.69, 9.17) is 13.9 Å². The monoisotopic (exact) mass is 522 g/mol. The summed E-state index contributed by atoms with van der Waals surface area (Å²) in [4.78, 5) is 25.9. The summed E-state index contributed by atoms with van der Waals surface area (Å²) in [5, 5.41) is -0.0168.